The van der Waals surface area contributed by atoms with Crippen LogP contribution in [0, 0.1) is 6.92 Å². The van der Waals surface area contributed by atoms with Gasteiger partial charge in [0, 0.05) is 24.1 Å². The number of amides is 2. The predicted octanol–water partition coefficient (Wildman–Crippen LogP) is 6.24. The van der Waals surface area contributed by atoms with Crippen molar-refractivity contribution < 1.29 is 9.53 Å². The molecular formula is C28H25N5O2. The molecule has 2 amide bonds. The van der Waals surface area contributed by atoms with Crippen molar-refractivity contribution in [1.82, 2.24) is 9.55 Å². The lowest BCUT2D eigenvalue weighted by atomic mass is 9.99. The van der Waals surface area contributed by atoms with E-state index in [1.807, 2.05) is 48.7 Å². The first-order valence-corrected chi connectivity index (χ1v) is 11.2. The first-order chi connectivity index (χ1) is 17.0. The van der Waals surface area contributed by atoms with Crippen LogP contribution in [0.5, 0.6) is 5.75 Å². The first-order valence-electron chi connectivity index (χ1n) is 11.2. The molecule has 0 aliphatic rings. The fourth-order valence-electron chi connectivity index (χ4n) is 4.15. The van der Waals surface area contributed by atoms with E-state index in [2.05, 4.69) is 51.4 Å². The highest BCUT2D eigenvalue weighted by molar-refractivity contribution is 6.01. The van der Waals surface area contributed by atoms with Crippen LogP contribution < -0.4 is 21.1 Å². The molecule has 0 unspecified atom stereocenters. The number of carbonyl (C=O) groups excluding carboxylic acids is 1. The van der Waals surface area contributed by atoms with Crippen molar-refractivity contribution in [2.24, 2.45) is 0 Å². The zero-order valence-corrected chi connectivity index (χ0v) is 19.4. The molecule has 3 aromatic carbocycles. The van der Waals surface area contributed by atoms with Crippen LogP contribution in [-0.4, -0.2) is 22.7 Å². The van der Waals surface area contributed by atoms with E-state index in [4.69, 9.17) is 10.5 Å². The van der Waals surface area contributed by atoms with Crippen molar-refractivity contribution in [2.75, 3.05) is 23.5 Å². The molecule has 0 radical (unpaired) electrons. The van der Waals surface area contributed by atoms with Gasteiger partial charge >= 0.3 is 6.03 Å². The van der Waals surface area contributed by atoms with Crippen molar-refractivity contribution >= 4 is 34.1 Å². The zero-order chi connectivity index (χ0) is 24.4. The van der Waals surface area contributed by atoms with Crippen LogP contribution in [-0.2, 0) is 0 Å². The van der Waals surface area contributed by atoms with E-state index in [0.29, 0.717) is 22.9 Å². The van der Waals surface area contributed by atoms with Crippen molar-refractivity contribution in [3.8, 4) is 22.6 Å². The number of fused-ring (bicyclic) bond motifs is 1. The number of nitrogen functional groups attached to an aromatic ring is 1. The van der Waals surface area contributed by atoms with Crippen molar-refractivity contribution in [2.45, 2.75) is 6.92 Å². The minimum atomic E-state index is -0.344. The third kappa shape index (κ3) is 4.52. The van der Waals surface area contributed by atoms with E-state index in [1.165, 1.54) is 0 Å². The van der Waals surface area contributed by atoms with E-state index >= 15 is 0 Å². The Balaban J connectivity index is 1.45. The van der Waals surface area contributed by atoms with E-state index in [9.17, 15) is 4.79 Å². The van der Waals surface area contributed by atoms with Gasteiger partial charge in [-0.3, -0.25) is 0 Å². The van der Waals surface area contributed by atoms with Gasteiger partial charge in [0.25, 0.3) is 0 Å². The van der Waals surface area contributed by atoms with Crippen LogP contribution in [0.4, 0.5) is 22.0 Å². The maximum atomic E-state index is 12.7. The summed E-state index contributed by atoms with van der Waals surface area (Å²) in [5.41, 5.74) is 12.4. The van der Waals surface area contributed by atoms with Crippen molar-refractivity contribution in [1.29, 1.82) is 0 Å². The number of aromatic nitrogens is 2. The van der Waals surface area contributed by atoms with Gasteiger partial charge in [-0.15, -0.1) is 0 Å². The summed E-state index contributed by atoms with van der Waals surface area (Å²) in [5, 5.41) is 6.88. The van der Waals surface area contributed by atoms with Crippen molar-refractivity contribution in [3.63, 3.8) is 0 Å². The number of para-hydroxylation sites is 2. The van der Waals surface area contributed by atoms with Crippen LogP contribution in [0.1, 0.15) is 5.56 Å². The highest BCUT2D eigenvalue weighted by Crippen LogP contribution is 2.31. The highest BCUT2D eigenvalue weighted by atomic mass is 16.5. The number of nitrogens with two attached hydrogens (primary N) is 1. The molecule has 0 bridgehead atoms. The summed E-state index contributed by atoms with van der Waals surface area (Å²) in [4.78, 5) is 16.7. The molecule has 2 heterocycles. The van der Waals surface area contributed by atoms with Gasteiger partial charge in [0.1, 0.15) is 11.6 Å². The third-order valence-corrected chi connectivity index (χ3v) is 5.90. The number of benzene rings is 3. The van der Waals surface area contributed by atoms with Crippen LogP contribution >= 0.6 is 0 Å². The van der Waals surface area contributed by atoms with Gasteiger partial charge in [0.15, 0.2) is 0 Å². The molecule has 0 fully saturated rings. The summed E-state index contributed by atoms with van der Waals surface area (Å²) < 4.78 is 7.40. The predicted molar refractivity (Wildman–Crippen MR) is 141 cm³/mol. The number of ether oxygens (including phenoxy) is 1. The smallest absolute Gasteiger partial charge is 0.323 e. The number of rotatable bonds is 5. The Bertz CT molecular complexity index is 1540. The molecule has 0 aliphatic carbocycles. The second-order valence-corrected chi connectivity index (χ2v) is 8.21. The second-order valence-electron chi connectivity index (χ2n) is 8.21. The highest BCUT2D eigenvalue weighted by Gasteiger charge is 2.11. The number of carbonyl (C=O) groups is 1. The van der Waals surface area contributed by atoms with Crippen LogP contribution in [0.2, 0.25) is 0 Å². The number of nitrogens with zero attached hydrogens (tertiary/aromatic N) is 2. The number of pyridine rings is 1. The van der Waals surface area contributed by atoms with Crippen molar-refractivity contribution in [3.05, 3.63) is 96.8 Å². The molecule has 0 aliphatic heterocycles. The Morgan fingerprint density at radius 1 is 0.971 bits per heavy atom. The average molecular weight is 464 g/mol. The van der Waals surface area contributed by atoms with Gasteiger partial charge in [-0.05, 0) is 71.5 Å². The zero-order valence-electron chi connectivity index (χ0n) is 19.4. The summed E-state index contributed by atoms with van der Waals surface area (Å²) in [6, 6.07) is 25.0. The lowest BCUT2D eigenvalue weighted by Crippen LogP contribution is -2.19. The number of nitrogens with one attached hydrogen (secondary N) is 2. The fraction of sp³-hybridized carbons (Fsp3) is 0.0714. The minimum Gasteiger partial charge on any atom is -0.495 e. The molecule has 0 saturated carbocycles. The lowest BCUT2D eigenvalue weighted by molar-refractivity contribution is 0.262. The number of urea groups is 1. The Morgan fingerprint density at radius 2 is 1.83 bits per heavy atom. The van der Waals surface area contributed by atoms with E-state index in [0.717, 1.165) is 33.3 Å². The summed E-state index contributed by atoms with van der Waals surface area (Å²) in [7, 11) is 1.57. The number of hydrogen-bond donors (Lipinski definition) is 3. The van der Waals surface area contributed by atoms with Gasteiger partial charge in [-0.25, -0.2) is 9.78 Å². The van der Waals surface area contributed by atoms with Crippen LogP contribution in [0.15, 0.2) is 91.3 Å². The van der Waals surface area contributed by atoms with Gasteiger partial charge < -0.3 is 25.7 Å². The quantitative estimate of drug-likeness (QED) is 0.288. The maximum absolute atomic E-state index is 12.7. The fourth-order valence-corrected chi connectivity index (χ4v) is 4.15. The minimum absolute atomic E-state index is 0.344. The van der Waals surface area contributed by atoms with E-state index in [-0.39, 0.29) is 6.03 Å². The molecule has 0 spiro atoms. The number of aryl methyl sites for hydroxylation is 1. The number of anilines is 3. The molecule has 35 heavy (non-hydrogen) atoms. The van der Waals surface area contributed by atoms with E-state index in [1.54, 1.807) is 25.4 Å². The van der Waals surface area contributed by atoms with Gasteiger partial charge in [-0.1, -0.05) is 30.3 Å². The average Bonchev–Trinajstić information content (AvgIpc) is 3.29. The molecule has 5 rings (SSSR count). The summed E-state index contributed by atoms with van der Waals surface area (Å²) in [6.45, 7) is 2.06. The molecule has 2 aromatic heterocycles. The lowest BCUT2D eigenvalue weighted by Gasteiger charge is -2.13. The number of methoxy groups -OCH3 is 1. The second kappa shape index (κ2) is 9.23. The standard InChI is InChI=1S/C28H25N5O2/c1-18-7-10-21(31-28(34)32-24-5-3-4-6-26(24)35-2)16-23(18)20-9-8-19-12-14-33(25(19)15-20)22-11-13-30-27(29)17-22/h3-17H,1-2H3,(H2,29,30)(H2,31,32,34). The molecule has 7 nitrogen and oxygen atoms in total. The third-order valence-electron chi connectivity index (χ3n) is 5.90. The molecule has 0 saturated heterocycles. The maximum Gasteiger partial charge on any atom is 0.323 e. The first kappa shape index (κ1) is 22.0. The van der Waals surface area contributed by atoms with E-state index < -0.39 is 0 Å². The Morgan fingerprint density at radius 3 is 2.66 bits per heavy atom. The van der Waals surface area contributed by atoms with Gasteiger partial charge in [0.05, 0.1) is 24.0 Å². The van der Waals surface area contributed by atoms with Gasteiger partial charge in [-0.2, -0.15) is 0 Å². The molecule has 5 aromatic rings. The van der Waals surface area contributed by atoms with Crippen LogP contribution in [0.3, 0.4) is 0 Å². The normalized spacial score (nSPS) is 10.8. The monoisotopic (exact) mass is 463 g/mol. The SMILES string of the molecule is COc1ccccc1NC(=O)Nc1ccc(C)c(-c2ccc3ccn(-c4ccnc(N)c4)c3c2)c1. The molecule has 4 N–H and O–H groups in total. The molecule has 7 heteroatoms. The summed E-state index contributed by atoms with van der Waals surface area (Å²) >= 11 is 0. The Kier molecular flexibility index (Phi) is 5.81. The van der Waals surface area contributed by atoms with Crippen LogP contribution in [0.25, 0.3) is 27.7 Å². The Hall–Kier alpha value is -4.78. The topological polar surface area (TPSA) is 94.2 Å². The largest absolute Gasteiger partial charge is 0.495 e. The number of hydrogen-bond acceptors (Lipinski definition) is 4. The molecule has 174 valence electrons. The molecule has 0 atom stereocenters. The molecular weight excluding hydrogens is 438 g/mol. The Labute approximate surface area is 203 Å². The summed E-state index contributed by atoms with van der Waals surface area (Å²) in [5.74, 6) is 1.07. The van der Waals surface area contributed by atoms with Gasteiger partial charge in [0.2, 0.25) is 0 Å². The summed E-state index contributed by atoms with van der Waals surface area (Å²) in [6.07, 6.45) is 3.73.